The van der Waals surface area contributed by atoms with Crippen molar-refractivity contribution in [1.82, 2.24) is 4.98 Å². The molecule has 1 aromatic carbocycles. The average Bonchev–Trinajstić information content (AvgIpc) is 2.50. The molecular formula is C19H13I2N. The molecule has 108 valence electrons. The van der Waals surface area contributed by atoms with Gasteiger partial charge in [0, 0.05) is 15.3 Å². The quantitative estimate of drug-likeness (QED) is 0.364. The first-order valence-electron chi connectivity index (χ1n) is 6.87. The number of allylic oxidation sites excluding steroid dienone is 8. The number of rotatable bonds is 2. The van der Waals surface area contributed by atoms with E-state index in [-0.39, 0.29) is 0 Å². The van der Waals surface area contributed by atoms with Gasteiger partial charge < -0.3 is 0 Å². The number of halogens is 2. The maximum atomic E-state index is 4.43. The van der Waals surface area contributed by atoms with Gasteiger partial charge in [0.1, 0.15) is 3.70 Å². The number of nitrogens with zero attached hydrogens (tertiary/aromatic N) is 1. The second kappa shape index (κ2) is 7.37. The van der Waals surface area contributed by atoms with E-state index in [0.717, 1.165) is 9.26 Å². The highest BCUT2D eigenvalue weighted by Gasteiger charge is 2.10. The Morgan fingerprint density at radius 1 is 0.636 bits per heavy atom. The summed E-state index contributed by atoms with van der Waals surface area (Å²) in [5, 5.41) is 0. The minimum absolute atomic E-state index is 1.00. The molecule has 0 amide bonds. The summed E-state index contributed by atoms with van der Waals surface area (Å²) in [5.74, 6) is 0. The van der Waals surface area contributed by atoms with Crippen molar-refractivity contribution in [3.05, 3.63) is 97.4 Å². The van der Waals surface area contributed by atoms with Crippen molar-refractivity contribution in [3.63, 3.8) is 0 Å². The second-order valence-electron chi connectivity index (χ2n) is 4.81. The van der Waals surface area contributed by atoms with Crippen molar-refractivity contribution < 1.29 is 0 Å². The van der Waals surface area contributed by atoms with E-state index in [1.807, 2.05) is 24.4 Å². The van der Waals surface area contributed by atoms with Crippen LogP contribution in [0, 0.1) is 7.27 Å². The van der Waals surface area contributed by atoms with Crippen LogP contribution >= 0.6 is 45.2 Å². The third-order valence-electron chi connectivity index (χ3n) is 3.34. The Hall–Kier alpha value is -1.21. The molecule has 0 radical (unpaired) electrons. The first-order valence-corrected chi connectivity index (χ1v) is 9.03. The Morgan fingerprint density at radius 3 is 1.82 bits per heavy atom. The molecule has 1 heterocycles. The van der Waals surface area contributed by atoms with Crippen molar-refractivity contribution in [3.8, 4) is 0 Å². The lowest BCUT2D eigenvalue weighted by molar-refractivity contribution is 1.26. The lowest BCUT2D eigenvalue weighted by Crippen LogP contribution is -1.93. The summed E-state index contributed by atoms with van der Waals surface area (Å²) < 4.78 is 2.24. The molecule has 3 heteroatoms. The lowest BCUT2D eigenvalue weighted by atomic mass is 9.92. The Labute approximate surface area is 157 Å². The Balaban J connectivity index is 2.10. The van der Waals surface area contributed by atoms with Gasteiger partial charge in [-0.2, -0.15) is 0 Å². The zero-order valence-corrected chi connectivity index (χ0v) is 16.0. The number of benzene rings is 1. The minimum Gasteiger partial charge on any atom is -0.250 e. The van der Waals surface area contributed by atoms with E-state index in [1.54, 1.807) is 0 Å². The number of pyridine rings is 1. The predicted molar refractivity (Wildman–Crippen MR) is 110 cm³/mol. The summed E-state index contributed by atoms with van der Waals surface area (Å²) in [6.45, 7) is 0. The molecule has 2 aromatic rings. The number of aromatic nitrogens is 1. The molecule has 0 atom stereocenters. The van der Waals surface area contributed by atoms with Crippen LogP contribution in [0.2, 0.25) is 0 Å². The van der Waals surface area contributed by atoms with Gasteiger partial charge in [0.15, 0.2) is 0 Å². The fourth-order valence-electron chi connectivity index (χ4n) is 2.28. The summed E-state index contributed by atoms with van der Waals surface area (Å²) >= 11 is 4.56. The predicted octanol–water partition coefficient (Wildman–Crippen LogP) is 5.88. The molecule has 1 aromatic heterocycles. The molecule has 0 fully saturated rings. The van der Waals surface area contributed by atoms with Crippen LogP contribution < -0.4 is 0 Å². The van der Waals surface area contributed by atoms with Crippen LogP contribution in [-0.2, 0) is 0 Å². The molecule has 0 aliphatic heterocycles. The molecule has 3 rings (SSSR count). The summed E-state index contributed by atoms with van der Waals surface area (Å²) in [4.78, 5) is 4.43. The molecule has 0 saturated heterocycles. The summed E-state index contributed by atoms with van der Waals surface area (Å²) in [6, 6.07) is 12.8. The molecule has 0 N–H and O–H groups in total. The Bertz CT molecular complexity index is 710. The topological polar surface area (TPSA) is 12.9 Å². The minimum atomic E-state index is 1.00. The lowest BCUT2D eigenvalue weighted by Gasteiger charge is -2.13. The standard InChI is InChI=1S/C19H13I2N/c20-16-10-7-14(8-11-16)17-5-3-1-2-4-6-18(17)15-9-12-19(21)22-13-15/h1-13H/b2-1?,3-1-,4-2-,5-3?,6-4?,17-5-,18-6-,18-17?. The van der Waals surface area contributed by atoms with Gasteiger partial charge in [0.25, 0.3) is 0 Å². The molecule has 0 bridgehead atoms. The van der Waals surface area contributed by atoms with Crippen molar-refractivity contribution in [2.24, 2.45) is 0 Å². The zero-order chi connectivity index (χ0) is 15.4. The maximum Gasteiger partial charge on any atom is 0.101 e. The van der Waals surface area contributed by atoms with Crippen LogP contribution in [0.3, 0.4) is 0 Å². The van der Waals surface area contributed by atoms with E-state index in [9.17, 15) is 0 Å². The van der Waals surface area contributed by atoms with Gasteiger partial charge in [-0.3, -0.25) is 0 Å². The smallest absolute Gasteiger partial charge is 0.101 e. The highest BCUT2D eigenvalue weighted by Crippen LogP contribution is 2.32. The molecule has 0 saturated carbocycles. The highest BCUT2D eigenvalue weighted by atomic mass is 127. The van der Waals surface area contributed by atoms with Crippen molar-refractivity contribution in [1.29, 1.82) is 0 Å². The summed E-state index contributed by atoms with van der Waals surface area (Å²) in [7, 11) is 0. The largest absolute Gasteiger partial charge is 0.250 e. The van der Waals surface area contributed by atoms with Crippen molar-refractivity contribution in [2.45, 2.75) is 0 Å². The Morgan fingerprint density at radius 2 is 1.23 bits per heavy atom. The molecule has 0 spiro atoms. The van der Waals surface area contributed by atoms with Crippen LogP contribution in [0.4, 0.5) is 0 Å². The number of hydrogen-bond acceptors (Lipinski definition) is 1. The third kappa shape index (κ3) is 3.76. The molecule has 22 heavy (non-hydrogen) atoms. The van der Waals surface area contributed by atoms with E-state index < -0.39 is 0 Å². The normalized spacial score (nSPS) is 21.7. The highest BCUT2D eigenvalue weighted by molar-refractivity contribution is 14.1. The fourth-order valence-corrected chi connectivity index (χ4v) is 2.96. The van der Waals surface area contributed by atoms with Crippen LogP contribution in [0.15, 0.2) is 79.1 Å². The van der Waals surface area contributed by atoms with Crippen molar-refractivity contribution >= 4 is 56.3 Å². The van der Waals surface area contributed by atoms with Gasteiger partial charge >= 0.3 is 0 Å². The molecule has 0 unspecified atom stereocenters. The van der Waals surface area contributed by atoms with E-state index in [4.69, 9.17) is 0 Å². The first kappa shape index (κ1) is 15.7. The van der Waals surface area contributed by atoms with E-state index in [1.165, 1.54) is 20.3 Å². The van der Waals surface area contributed by atoms with Crippen LogP contribution in [0.25, 0.3) is 11.1 Å². The second-order valence-corrected chi connectivity index (χ2v) is 7.16. The Kier molecular flexibility index (Phi) is 5.25. The van der Waals surface area contributed by atoms with Gasteiger partial charge in [-0.1, -0.05) is 54.7 Å². The molecule has 1 nitrogen and oxygen atoms in total. The fraction of sp³-hybridized carbons (Fsp3) is 0. The summed E-state index contributed by atoms with van der Waals surface area (Å²) in [6.07, 6.45) is 14.5. The number of hydrogen-bond donors (Lipinski definition) is 0. The molecule has 1 aliphatic carbocycles. The van der Waals surface area contributed by atoms with Gasteiger partial charge in [0.2, 0.25) is 0 Å². The SMILES string of the molecule is Ic1ccc(C2=C/C=C\C=C/C=C\2c2ccc(I)nc2)cc1. The van der Waals surface area contributed by atoms with E-state index in [2.05, 4.69) is 105 Å². The van der Waals surface area contributed by atoms with Gasteiger partial charge in [0.05, 0.1) is 0 Å². The van der Waals surface area contributed by atoms with E-state index >= 15 is 0 Å². The van der Waals surface area contributed by atoms with Gasteiger partial charge in [-0.15, -0.1) is 0 Å². The molecule has 1 aliphatic rings. The van der Waals surface area contributed by atoms with Crippen molar-refractivity contribution in [2.75, 3.05) is 0 Å². The van der Waals surface area contributed by atoms with Crippen LogP contribution in [0.1, 0.15) is 11.1 Å². The molecular weight excluding hydrogens is 496 g/mol. The average molecular weight is 509 g/mol. The monoisotopic (exact) mass is 509 g/mol. The maximum absolute atomic E-state index is 4.43. The van der Waals surface area contributed by atoms with Gasteiger partial charge in [-0.05, 0) is 80.1 Å². The van der Waals surface area contributed by atoms with E-state index in [0.29, 0.717) is 0 Å². The van der Waals surface area contributed by atoms with Crippen LogP contribution in [0.5, 0.6) is 0 Å². The summed E-state index contributed by atoms with van der Waals surface area (Å²) in [5.41, 5.74) is 4.74. The third-order valence-corrected chi connectivity index (χ3v) is 4.70. The zero-order valence-electron chi connectivity index (χ0n) is 11.7. The first-order chi connectivity index (χ1) is 10.7. The van der Waals surface area contributed by atoms with Gasteiger partial charge in [-0.25, -0.2) is 4.98 Å². The van der Waals surface area contributed by atoms with Crippen LogP contribution in [-0.4, -0.2) is 4.98 Å².